The maximum atomic E-state index is 2.47. The molecule has 0 spiro atoms. The molecule has 0 amide bonds. The second kappa shape index (κ2) is 11.5. The van der Waals surface area contributed by atoms with Gasteiger partial charge in [-0.1, -0.05) is 164 Å². The fourth-order valence-electron chi connectivity index (χ4n) is 10.2. The molecule has 0 unspecified atom stereocenters. The van der Waals surface area contributed by atoms with Gasteiger partial charge in [0.15, 0.2) is 0 Å². The number of aromatic nitrogens is 1. The summed E-state index contributed by atoms with van der Waals surface area (Å²) < 4.78 is 2.47. The van der Waals surface area contributed by atoms with Gasteiger partial charge in [0.1, 0.15) is 0 Å². The second-order valence-corrected chi connectivity index (χ2v) is 15.5. The fraction of sp³-hybridized carbons (Fsp3) is 0. The zero-order valence-electron chi connectivity index (χ0n) is 31.0. The molecule has 0 N–H and O–H groups in total. The third-order valence-corrected chi connectivity index (χ3v) is 12.7. The average molecular weight is 720 g/mol. The van der Waals surface area contributed by atoms with Gasteiger partial charge >= 0.3 is 0 Å². The van der Waals surface area contributed by atoms with Crippen LogP contribution in [-0.2, 0) is 0 Å². The van der Waals surface area contributed by atoms with Crippen LogP contribution in [-0.4, -0.2) is 4.57 Å². The van der Waals surface area contributed by atoms with E-state index in [2.05, 4.69) is 205 Å². The first-order chi connectivity index (χ1) is 28.3. The van der Waals surface area contributed by atoms with Crippen LogP contribution in [0.4, 0.5) is 0 Å². The number of para-hydroxylation sites is 1. The second-order valence-electron chi connectivity index (χ2n) is 15.5. The molecule has 1 aromatic heterocycles. The van der Waals surface area contributed by atoms with Crippen LogP contribution in [0.5, 0.6) is 0 Å². The van der Waals surface area contributed by atoms with E-state index in [1.807, 2.05) is 0 Å². The van der Waals surface area contributed by atoms with Crippen molar-refractivity contribution in [1.82, 2.24) is 4.57 Å². The van der Waals surface area contributed by atoms with Gasteiger partial charge in [-0.25, -0.2) is 0 Å². The highest BCUT2D eigenvalue weighted by molar-refractivity contribution is 6.31. The highest BCUT2D eigenvalue weighted by Crippen LogP contribution is 2.48. The molecule has 262 valence electrons. The number of benzene rings is 12. The Morgan fingerprint density at radius 2 is 0.614 bits per heavy atom. The van der Waals surface area contributed by atoms with E-state index in [0.29, 0.717) is 0 Å². The topological polar surface area (TPSA) is 4.93 Å². The van der Waals surface area contributed by atoms with Gasteiger partial charge in [0.25, 0.3) is 0 Å². The molecule has 1 nitrogen and oxygen atoms in total. The maximum Gasteiger partial charge on any atom is 0.0547 e. The summed E-state index contributed by atoms with van der Waals surface area (Å²) in [5.74, 6) is 0. The first kappa shape index (κ1) is 30.8. The van der Waals surface area contributed by atoms with Crippen LogP contribution in [0.15, 0.2) is 200 Å². The molecular formula is C56H33N. The van der Waals surface area contributed by atoms with Crippen molar-refractivity contribution in [3.8, 4) is 27.9 Å². The van der Waals surface area contributed by atoms with E-state index < -0.39 is 0 Å². The Bertz CT molecular complexity index is 3560. The van der Waals surface area contributed by atoms with Crippen LogP contribution in [0.2, 0.25) is 0 Å². The summed E-state index contributed by atoms with van der Waals surface area (Å²) in [5, 5.41) is 20.6. The number of rotatable bonds is 3. The van der Waals surface area contributed by atoms with Crippen molar-refractivity contribution in [2.45, 2.75) is 0 Å². The SMILES string of the molecule is c1ccc(-n2c3ccc(-c4cc5c6ccccc6ccc5c5ccccc45)c4ccc5c(-c6cc7c8ccccc8ccc7c7ccccc67)ccc2c5c43)cc1. The molecule has 1 heteroatoms. The third-order valence-electron chi connectivity index (χ3n) is 12.7. The lowest BCUT2D eigenvalue weighted by Crippen LogP contribution is -1.93. The minimum atomic E-state index is 1.17. The normalized spacial score (nSPS) is 12.2. The van der Waals surface area contributed by atoms with E-state index in [0.717, 1.165) is 0 Å². The standard InChI is InChI=1S/C56H33N/c1-2-14-36(15-3-1)57-53-30-28-45(51-32-49-37-16-6-4-12-34(37)22-24-43(49)39-18-8-10-20-41(39)51)47-26-27-48-46(29-31-54(57)56(48)55(47)53)52-33-50-38-17-7-5-13-35(38)23-25-44(50)40-19-9-11-21-42(40)52/h1-33H. The van der Waals surface area contributed by atoms with Crippen LogP contribution in [0, 0.1) is 0 Å². The highest BCUT2D eigenvalue weighted by Gasteiger charge is 2.23. The van der Waals surface area contributed by atoms with Gasteiger partial charge in [-0.05, 0) is 134 Å². The summed E-state index contributed by atoms with van der Waals surface area (Å²) in [6.45, 7) is 0. The molecule has 13 aromatic rings. The van der Waals surface area contributed by atoms with Crippen LogP contribution in [0.3, 0.4) is 0 Å². The minimum Gasteiger partial charge on any atom is -0.309 e. The Morgan fingerprint density at radius 1 is 0.228 bits per heavy atom. The number of hydrogen-bond acceptors (Lipinski definition) is 0. The highest BCUT2D eigenvalue weighted by atomic mass is 15.0. The molecular weight excluding hydrogens is 687 g/mol. The quantitative estimate of drug-likeness (QED) is 0.160. The molecule has 0 bridgehead atoms. The summed E-state index contributed by atoms with van der Waals surface area (Å²) in [5.41, 5.74) is 8.67. The van der Waals surface area contributed by atoms with E-state index in [-0.39, 0.29) is 0 Å². The predicted molar refractivity (Wildman–Crippen MR) is 245 cm³/mol. The number of fused-ring (bicyclic) bond motifs is 10. The van der Waals surface area contributed by atoms with Crippen molar-refractivity contribution in [3.05, 3.63) is 200 Å². The largest absolute Gasteiger partial charge is 0.309 e. The Balaban J connectivity index is 1.17. The molecule has 57 heavy (non-hydrogen) atoms. The summed E-state index contributed by atoms with van der Waals surface area (Å²) in [7, 11) is 0. The van der Waals surface area contributed by atoms with Gasteiger partial charge in [0, 0.05) is 16.5 Å². The predicted octanol–water partition coefficient (Wildman–Crippen LogP) is 15.6. The van der Waals surface area contributed by atoms with Gasteiger partial charge in [-0.2, -0.15) is 0 Å². The molecule has 0 atom stereocenters. The molecule has 0 aliphatic rings. The van der Waals surface area contributed by atoms with Crippen molar-refractivity contribution >= 4 is 97.2 Å². The molecule has 0 saturated heterocycles. The first-order valence-corrected chi connectivity index (χ1v) is 19.8. The Hall–Kier alpha value is -7.48. The first-order valence-electron chi connectivity index (χ1n) is 19.8. The van der Waals surface area contributed by atoms with Gasteiger partial charge in [-0.3, -0.25) is 0 Å². The summed E-state index contributed by atoms with van der Waals surface area (Å²) in [6, 6.07) is 74.6. The zero-order chi connectivity index (χ0) is 37.2. The molecule has 0 fully saturated rings. The fourth-order valence-corrected chi connectivity index (χ4v) is 10.2. The summed E-state index contributed by atoms with van der Waals surface area (Å²) in [4.78, 5) is 0. The summed E-state index contributed by atoms with van der Waals surface area (Å²) >= 11 is 0. The zero-order valence-corrected chi connectivity index (χ0v) is 31.0. The van der Waals surface area contributed by atoms with Crippen molar-refractivity contribution in [3.63, 3.8) is 0 Å². The van der Waals surface area contributed by atoms with Crippen LogP contribution < -0.4 is 0 Å². The molecule has 0 saturated carbocycles. The van der Waals surface area contributed by atoms with E-state index in [4.69, 9.17) is 0 Å². The molecule has 0 radical (unpaired) electrons. The lowest BCUT2D eigenvalue weighted by atomic mass is 9.86. The molecule has 1 heterocycles. The lowest BCUT2D eigenvalue weighted by Gasteiger charge is -2.16. The Kier molecular flexibility index (Phi) is 6.23. The van der Waals surface area contributed by atoms with Gasteiger partial charge in [0.2, 0.25) is 0 Å². The minimum absolute atomic E-state index is 1.17. The monoisotopic (exact) mass is 719 g/mol. The third kappa shape index (κ3) is 4.23. The Labute approximate surface area is 328 Å². The van der Waals surface area contributed by atoms with Gasteiger partial charge in [-0.15, -0.1) is 0 Å². The van der Waals surface area contributed by atoms with E-state index in [9.17, 15) is 0 Å². The van der Waals surface area contributed by atoms with Crippen molar-refractivity contribution < 1.29 is 0 Å². The van der Waals surface area contributed by atoms with E-state index in [1.165, 1.54) is 125 Å². The smallest absolute Gasteiger partial charge is 0.0547 e. The van der Waals surface area contributed by atoms with Gasteiger partial charge in [0.05, 0.1) is 11.0 Å². The number of nitrogens with zero attached hydrogens (tertiary/aromatic N) is 1. The maximum absolute atomic E-state index is 2.47. The van der Waals surface area contributed by atoms with Crippen molar-refractivity contribution in [2.75, 3.05) is 0 Å². The van der Waals surface area contributed by atoms with Crippen molar-refractivity contribution in [2.24, 2.45) is 0 Å². The van der Waals surface area contributed by atoms with Crippen LogP contribution >= 0.6 is 0 Å². The number of hydrogen-bond donors (Lipinski definition) is 0. The van der Waals surface area contributed by atoms with E-state index >= 15 is 0 Å². The Morgan fingerprint density at radius 3 is 1.11 bits per heavy atom. The van der Waals surface area contributed by atoms with Gasteiger partial charge < -0.3 is 4.57 Å². The van der Waals surface area contributed by atoms with Crippen molar-refractivity contribution in [1.29, 1.82) is 0 Å². The van der Waals surface area contributed by atoms with Crippen LogP contribution in [0.25, 0.3) is 125 Å². The molecule has 0 aliphatic heterocycles. The molecule has 0 aliphatic carbocycles. The summed E-state index contributed by atoms with van der Waals surface area (Å²) in [6.07, 6.45) is 0. The van der Waals surface area contributed by atoms with E-state index in [1.54, 1.807) is 0 Å². The molecule has 13 rings (SSSR count). The van der Waals surface area contributed by atoms with Crippen LogP contribution in [0.1, 0.15) is 0 Å². The average Bonchev–Trinajstić information content (AvgIpc) is 3.63. The lowest BCUT2D eigenvalue weighted by molar-refractivity contribution is 1.18. The molecule has 12 aromatic carbocycles.